The molecule has 0 aromatic carbocycles. The third-order valence-corrected chi connectivity index (χ3v) is 4.03. The van der Waals surface area contributed by atoms with Crippen LogP contribution in [0.3, 0.4) is 0 Å². The van der Waals surface area contributed by atoms with Gasteiger partial charge in [-0.3, -0.25) is 9.40 Å². The van der Waals surface area contributed by atoms with Crippen LogP contribution < -0.4 is 9.86 Å². The summed E-state index contributed by atoms with van der Waals surface area (Å²) in [6.07, 6.45) is 1.11. The van der Waals surface area contributed by atoms with Gasteiger partial charge in [0.1, 0.15) is 4.90 Å². The molecular formula is C7H14N4O5S2. The number of rotatable bonds is 6. The average Bonchev–Trinajstić information content (AvgIpc) is 2.55. The number of hydrogen-bond donors (Lipinski definition) is 2. The van der Waals surface area contributed by atoms with E-state index in [1.54, 1.807) is 0 Å². The topological polar surface area (TPSA) is 133 Å². The quantitative estimate of drug-likeness (QED) is 0.653. The van der Waals surface area contributed by atoms with E-state index in [0.29, 0.717) is 0 Å². The molecule has 18 heavy (non-hydrogen) atoms. The fourth-order valence-electron chi connectivity index (χ4n) is 1.14. The molecule has 0 fully saturated rings. The maximum Gasteiger partial charge on any atom is 0.243 e. The summed E-state index contributed by atoms with van der Waals surface area (Å²) in [7, 11) is -4.98. The van der Waals surface area contributed by atoms with E-state index < -0.39 is 20.0 Å². The number of nitrogens with one attached hydrogen (secondary N) is 1. The molecule has 0 saturated heterocycles. The van der Waals surface area contributed by atoms with Gasteiger partial charge in [0.2, 0.25) is 20.0 Å². The number of nitrogens with two attached hydrogens (primary N) is 1. The first-order valence-corrected chi connectivity index (χ1v) is 7.91. The van der Waals surface area contributed by atoms with Crippen molar-refractivity contribution in [2.45, 2.75) is 4.90 Å². The molecule has 0 saturated carbocycles. The standard InChI is InChI=1S/C7H14N4O5S2/c1-11-5-6(18(8,14)15)7(9-11)10-17(12,13)4-3-16-2/h5H,3-4H2,1-2H3,(H,9,10)(H2,8,14,15). The molecule has 1 rings (SSSR count). The molecule has 1 aromatic rings. The second-order valence-corrected chi connectivity index (χ2v) is 6.85. The molecule has 104 valence electrons. The Bertz CT molecular complexity index is 618. The van der Waals surface area contributed by atoms with Crippen molar-refractivity contribution in [2.24, 2.45) is 12.2 Å². The van der Waals surface area contributed by atoms with Gasteiger partial charge in [-0.2, -0.15) is 5.10 Å². The van der Waals surface area contributed by atoms with Gasteiger partial charge in [-0.15, -0.1) is 0 Å². The molecule has 11 heteroatoms. The number of ether oxygens (including phenoxy) is 1. The molecule has 0 aliphatic carbocycles. The second-order valence-electron chi connectivity index (χ2n) is 3.47. The van der Waals surface area contributed by atoms with Crippen molar-refractivity contribution in [1.82, 2.24) is 9.78 Å². The smallest absolute Gasteiger partial charge is 0.243 e. The third kappa shape index (κ3) is 3.94. The van der Waals surface area contributed by atoms with Crippen LogP contribution >= 0.6 is 0 Å². The Hall–Kier alpha value is -1.17. The fraction of sp³-hybridized carbons (Fsp3) is 0.571. The van der Waals surface area contributed by atoms with Crippen LogP contribution in [0.25, 0.3) is 0 Å². The van der Waals surface area contributed by atoms with Gasteiger partial charge in [0, 0.05) is 20.4 Å². The summed E-state index contributed by atoms with van der Waals surface area (Å²) in [5.74, 6) is -0.638. The van der Waals surface area contributed by atoms with Crippen LogP contribution in [0.4, 0.5) is 5.82 Å². The van der Waals surface area contributed by atoms with Gasteiger partial charge in [0.15, 0.2) is 5.82 Å². The van der Waals surface area contributed by atoms with Crippen molar-refractivity contribution >= 4 is 25.9 Å². The lowest BCUT2D eigenvalue weighted by Crippen LogP contribution is -2.22. The summed E-state index contributed by atoms with van der Waals surface area (Å²) in [4.78, 5) is -0.383. The molecule has 1 heterocycles. The Morgan fingerprint density at radius 3 is 2.56 bits per heavy atom. The zero-order chi connectivity index (χ0) is 14.0. The Morgan fingerprint density at radius 2 is 2.06 bits per heavy atom. The molecular weight excluding hydrogens is 284 g/mol. The molecule has 0 aliphatic heterocycles. The fourth-order valence-corrected chi connectivity index (χ4v) is 2.80. The van der Waals surface area contributed by atoms with Crippen LogP contribution in [-0.2, 0) is 31.8 Å². The lowest BCUT2D eigenvalue weighted by molar-refractivity contribution is 0.217. The maximum absolute atomic E-state index is 11.6. The number of hydrogen-bond acceptors (Lipinski definition) is 6. The molecule has 0 spiro atoms. The monoisotopic (exact) mass is 298 g/mol. The van der Waals surface area contributed by atoms with Gasteiger partial charge in [-0.05, 0) is 0 Å². The van der Waals surface area contributed by atoms with Crippen LogP contribution in [0.5, 0.6) is 0 Å². The number of aromatic nitrogens is 2. The van der Waals surface area contributed by atoms with Crippen molar-refractivity contribution in [3.8, 4) is 0 Å². The third-order valence-electron chi connectivity index (χ3n) is 1.91. The highest BCUT2D eigenvalue weighted by molar-refractivity contribution is 7.93. The van der Waals surface area contributed by atoms with E-state index in [1.165, 1.54) is 14.2 Å². The number of anilines is 1. The predicted octanol–water partition coefficient (Wildman–Crippen LogP) is -1.54. The average molecular weight is 298 g/mol. The second kappa shape index (κ2) is 5.22. The molecule has 0 amide bonds. The lowest BCUT2D eigenvalue weighted by Gasteiger charge is -2.05. The van der Waals surface area contributed by atoms with Crippen molar-refractivity contribution in [2.75, 3.05) is 24.2 Å². The first kappa shape index (κ1) is 14.9. The first-order valence-electron chi connectivity index (χ1n) is 4.71. The summed E-state index contributed by atoms with van der Waals surface area (Å²) >= 11 is 0. The largest absolute Gasteiger partial charge is 0.384 e. The summed E-state index contributed by atoms with van der Waals surface area (Å²) in [6.45, 7) is -0.0210. The Balaban J connectivity index is 3.06. The van der Waals surface area contributed by atoms with Gasteiger partial charge in [-0.25, -0.2) is 22.0 Å². The number of nitrogens with zero attached hydrogens (tertiary/aromatic N) is 2. The highest BCUT2D eigenvalue weighted by Crippen LogP contribution is 2.18. The van der Waals surface area contributed by atoms with Gasteiger partial charge < -0.3 is 4.74 Å². The van der Waals surface area contributed by atoms with Crippen molar-refractivity contribution < 1.29 is 21.6 Å². The first-order chi connectivity index (χ1) is 8.15. The Morgan fingerprint density at radius 1 is 1.44 bits per heavy atom. The molecule has 9 nitrogen and oxygen atoms in total. The minimum atomic E-state index is -4.05. The van der Waals surface area contributed by atoms with Gasteiger partial charge >= 0.3 is 0 Å². The summed E-state index contributed by atoms with van der Waals surface area (Å²) < 4.78 is 53.4. The molecule has 3 N–H and O–H groups in total. The van der Waals surface area contributed by atoms with E-state index >= 15 is 0 Å². The van der Waals surface area contributed by atoms with Crippen LogP contribution in [-0.4, -0.2) is 46.1 Å². The predicted molar refractivity (Wildman–Crippen MR) is 63.9 cm³/mol. The van der Waals surface area contributed by atoms with E-state index in [1.807, 2.05) is 0 Å². The number of methoxy groups -OCH3 is 1. The molecule has 0 unspecified atom stereocenters. The normalized spacial score (nSPS) is 12.6. The van der Waals surface area contributed by atoms with Gasteiger partial charge in [0.05, 0.1) is 12.4 Å². The SMILES string of the molecule is COCCS(=O)(=O)Nc1nn(C)cc1S(N)(=O)=O. The van der Waals surface area contributed by atoms with Crippen molar-refractivity contribution in [3.63, 3.8) is 0 Å². The number of aryl methyl sites for hydroxylation is 1. The summed E-state index contributed by atoms with van der Waals surface area (Å²) in [5.41, 5.74) is 0. The molecule has 1 aromatic heterocycles. The Kier molecular flexibility index (Phi) is 4.32. The minimum Gasteiger partial charge on any atom is -0.384 e. The van der Waals surface area contributed by atoms with Crippen LogP contribution in [0.1, 0.15) is 0 Å². The highest BCUT2D eigenvalue weighted by Gasteiger charge is 2.22. The number of sulfonamides is 2. The van der Waals surface area contributed by atoms with E-state index in [2.05, 4.69) is 14.6 Å². The lowest BCUT2D eigenvalue weighted by atomic mass is 10.7. The van der Waals surface area contributed by atoms with Crippen LogP contribution in [0.2, 0.25) is 0 Å². The van der Waals surface area contributed by atoms with E-state index in [4.69, 9.17) is 5.14 Å². The van der Waals surface area contributed by atoms with E-state index in [0.717, 1.165) is 10.9 Å². The zero-order valence-corrected chi connectivity index (χ0v) is 11.5. The van der Waals surface area contributed by atoms with Crippen molar-refractivity contribution in [3.05, 3.63) is 6.20 Å². The summed E-state index contributed by atoms with van der Waals surface area (Å²) in [6, 6.07) is 0. The van der Waals surface area contributed by atoms with E-state index in [-0.39, 0.29) is 23.1 Å². The van der Waals surface area contributed by atoms with Crippen LogP contribution in [0, 0.1) is 0 Å². The zero-order valence-electron chi connectivity index (χ0n) is 9.82. The molecule has 0 aliphatic rings. The van der Waals surface area contributed by atoms with Crippen molar-refractivity contribution in [1.29, 1.82) is 0 Å². The highest BCUT2D eigenvalue weighted by atomic mass is 32.2. The maximum atomic E-state index is 11.6. The van der Waals surface area contributed by atoms with Gasteiger partial charge in [-0.1, -0.05) is 0 Å². The van der Waals surface area contributed by atoms with Gasteiger partial charge in [0.25, 0.3) is 0 Å². The Labute approximate surface area is 105 Å². The molecule has 0 atom stereocenters. The number of primary sulfonamides is 1. The van der Waals surface area contributed by atoms with Crippen LogP contribution in [0.15, 0.2) is 11.1 Å². The summed E-state index contributed by atoms with van der Waals surface area (Å²) in [5, 5.41) is 8.65. The minimum absolute atomic E-state index is 0.0210. The van der Waals surface area contributed by atoms with E-state index in [9.17, 15) is 16.8 Å². The molecule has 0 bridgehead atoms. The molecule has 0 radical (unpaired) electrons.